The number of nitrogen functional groups attached to an aromatic ring is 1. The van der Waals surface area contributed by atoms with E-state index in [4.69, 9.17) is 5.73 Å². The van der Waals surface area contributed by atoms with Gasteiger partial charge in [-0.2, -0.15) is 0 Å². The van der Waals surface area contributed by atoms with E-state index in [1.54, 1.807) is 42.6 Å². The Morgan fingerprint density at radius 1 is 0.674 bits per heavy atom. The zero-order chi connectivity index (χ0) is 31.5. The van der Waals surface area contributed by atoms with E-state index in [9.17, 15) is 14.4 Å². The fourth-order valence-corrected chi connectivity index (χ4v) is 3.60. The van der Waals surface area contributed by atoms with Crippen molar-refractivity contribution in [1.29, 1.82) is 0 Å². The van der Waals surface area contributed by atoms with Crippen LogP contribution < -0.4 is 5.73 Å². The Kier molecular flexibility index (Phi) is 15.7. The zero-order valence-electron chi connectivity index (χ0n) is 23.5. The van der Waals surface area contributed by atoms with Gasteiger partial charge in [-0.05, 0) is 77.4 Å². The largest absolute Gasteiger partial charge is 0.466 e. The summed E-state index contributed by atoms with van der Waals surface area (Å²) < 4.78 is 11.0. The molecule has 0 aliphatic heterocycles. The van der Waals surface area contributed by atoms with Gasteiger partial charge in [0, 0.05) is 38.6 Å². The molecule has 0 bridgehead atoms. The summed E-state index contributed by atoms with van der Waals surface area (Å²) in [6, 6.07) is 29.9. The van der Waals surface area contributed by atoms with Gasteiger partial charge in [-0.3, -0.25) is 9.79 Å². The van der Waals surface area contributed by atoms with Crippen LogP contribution in [0.2, 0.25) is 0 Å². The minimum absolute atomic E-state index is 0.373. The second kappa shape index (κ2) is 19.5. The van der Waals surface area contributed by atoms with Gasteiger partial charge in [-0.15, -0.1) is 0 Å². The molecule has 2 N–H and O–H groups in total. The number of carbonyl (C=O) groups excluding carboxylic acids is 3. The van der Waals surface area contributed by atoms with E-state index < -0.39 is 0 Å². The molecular formula is C34H30Br2N2O5. The topological polar surface area (TPSA) is 108 Å². The van der Waals surface area contributed by atoms with Gasteiger partial charge in [-0.1, -0.05) is 80.4 Å². The second-order valence-electron chi connectivity index (χ2n) is 8.46. The van der Waals surface area contributed by atoms with E-state index in [1.807, 2.05) is 72.8 Å². The minimum Gasteiger partial charge on any atom is -0.466 e. The summed E-state index contributed by atoms with van der Waals surface area (Å²) in [7, 11) is 2.69. The number of rotatable bonds is 7. The van der Waals surface area contributed by atoms with Gasteiger partial charge in [0.15, 0.2) is 0 Å². The number of carbonyl (C=O) groups is 3. The van der Waals surface area contributed by atoms with E-state index >= 15 is 0 Å². The lowest BCUT2D eigenvalue weighted by Crippen LogP contribution is -1.93. The Morgan fingerprint density at radius 3 is 1.65 bits per heavy atom. The van der Waals surface area contributed by atoms with Crippen molar-refractivity contribution in [2.75, 3.05) is 20.0 Å². The van der Waals surface area contributed by atoms with Gasteiger partial charge in [0.05, 0.1) is 19.9 Å². The van der Waals surface area contributed by atoms with Crippen molar-refractivity contribution in [2.24, 2.45) is 4.99 Å². The Labute approximate surface area is 268 Å². The van der Waals surface area contributed by atoms with E-state index in [0.29, 0.717) is 11.3 Å². The third kappa shape index (κ3) is 14.7. The number of esters is 2. The number of halogens is 2. The van der Waals surface area contributed by atoms with E-state index in [1.165, 1.54) is 26.4 Å². The lowest BCUT2D eigenvalue weighted by Gasteiger charge is -1.97. The van der Waals surface area contributed by atoms with Gasteiger partial charge in [0.25, 0.3) is 0 Å². The number of aldehydes is 1. The highest BCUT2D eigenvalue weighted by Crippen LogP contribution is 2.16. The number of benzene rings is 4. The molecule has 0 saturated heterocycles. The number of ether oxygens (including phenoxy) is 2. The number of nitrogens with two attached hydrogens (primary N) is 1. The van der Waals surface area contributed by atoms with Crippen LogP contribution in [0.5, 0.6) is 0 Å². The minimum atomic E-state index is -0.376. The summed E-state index contributed by atoms with van der Waals surface area (Å²) in [5.74, 6) is -0.749. The molecule has 0 heterocycles. The smallest absolute Gasteiger partial charge is 0.330 e. The highest BCUT2D eigenvalue weighted by Gasteiger charge is 1.95. The van der Waals surface area contributed by atoms with Crippen LogP contribution in [0.25, 0.3) is 12.2 Å². The van der Waals surface area contributed by atoms with Gasteiger partial charge in [-0.25, -0.2) is 9.59 Å². The first kappa shape index (κ1) is 34.6. The Balaban J connectivity index is 0.000000249. The highest BCUT2D eigenvalue weighted by atomic mass is 79.9. The van der Waals surface area contributed by atoms with Crippen molar-refractivity contribution in [2.45, 2.75) is 0 Å². The van der Waals surface area contributed by atoms with E-state index in [-0.39, 0.29) is 11.9 Å². The highest BCUT2D eigenvalue weighted by molar-refractivity contribution is 9.10. The van der Waals surface area contributed by atoms with Crippen LogP contribution in [0.4, 0.5) is 11.4 Å². The summed E-state index contributed by atoms with van der Waals surface area (Å²) in [6.07, 6.45) is 8.72. The van der Waals surface area contributed by atoms with Crippen LogP contribution in [0.1, 0.15) is 27.0 Å². The standard InChI is InChI=1S/C17H14BrNO2.C10H11NO2.C7H5BrO/c1-21-17(20)10-7-13-3-2-4-16(11-13)19-12-14-5-8-15(18)9-6-14;1-13-10(12)6-5-8-3-2-4-9(11)7-8;8-7-3-1-6(5-9)2-4-7/h2-12H,1H3;2-7H,11H2,1H3;1-5H/b10-7+,19-12?;6-5+;. The van der Waals surface area contributed by atoms with Crippen LogP contribution in [-0.4, -0.2) is 38.7 Å². The molecule has 4 aromatic rings. The predicted molar refractivity (Wildman–Crippen MR) is 180 cm³/mol. The van der Waals surface area contributed by atoms with Crippen molar-refractivity contribution in [3.8, 4) is 0 Å². The molecule has 4 rings (SSSR count). The molecule has 0 aliphatic rings. The first-order valence-electron chi connectivity index (χ1n) is 12.7. The molecule has 0 fully saturated rings. The van der Waals surface area contributed by atoms with Crippen molar-refractivity contribution >= 4 is 79.8 Å². The first-order valence-corrected chi connectivity index (χ1v) is 14.3. The molecule has 4 aromatic carbocycles. The normalized spacial score (nSPS) is 10.4. The molecule has 0 radical (unpaired) electrons. The number of methoxy groups -OCH3 is 2. The van der Waals surface area contributed by atoms with Crippen molar-refractivity contribution in [3.63, 3.8) is 0 Å². The fraction of sp³-hybridized carbons (Fsp3) is 0.0588. The van der Waals surface area contributed by atoms with Crippen LogP contribution in [-0.2, 0) is 19.1 Å². The number of anilines is 1. The molecule has 0 amide bonds. The maximum atomic E-state index is 11.1. The van der Waals surface area contributed by atoms with Crippen LogP contribution in [0, 0.1) is 0 Å². The maximum Gasteiger partial charge on any atom is 0.330 e. The van der Waals surface area contributed by atoms with Gasteiger partial charge >= 0.3 is 11.9 Å². The summed E-state index contributed by atoms with van der Waals surface area (Å²) in [4.78, 5) is 36.3. The summed E-state index contributed by atoms with van der Waals surface area (Å²) in [5, 5.41) is 0. The molecule has 43 heavy (non-hydrogen) atoms. The summed E-state index contributed by atoms with van der Waals surface area (Å²) >= 11 is 6.65. The molecule has 0 atom stereocenters. The number of hydrogen-bond donors (Lipinski definition) is 1. The summed E-state index contributed by atoms with van der Waals surface area (Å²) in [6.45, 7) is 0. The molecular weight excluding hydrogens is 676 g/mol. The fourth-order valence-electron chi connectivity index (χ4n) is 3.08. The van der Waals surface area contributed by atoms with E-state index in [2.05, 4.69) is 46.3 Å². The Bertz CT molecular complexity index is 1560. The maximum absolute atomic E-state index is 11.1. The average molecular weight is 706 g/mol. The number of nitrogens with zero attached hydrogens (tertiary/aromatic N) is 1. The SMILES string of the molecule is COC(=O)/C=C/c1cccc(N)c1.COC(=O)/C=C/c1cccc(N=Cc2ccc(Br)cc2)c1.O=Cc1ccc(Br)cc1. The molecule has 0 saturated carbocycles. The van der Waals surface area contributed by atoms with Crippen LogP contribution >= 0.6 is 31.9 Å². The van der Waals surface area contributed by atoms with Crippen LogP contribution in [0.15, 0.2) is 123 Å². The molecule has 0 aliphatic carbocycles. The van der Waals surface area contributed by atoms with Gasteiger partial charge in [0.1, 0.15) is 6.29 Å². The molecule has 9 heteroatoms. The van der Waals surface area contributed by atoms with Gasteiger partial charge < -0.3 is 15.2 Å². The number of hydrogen-bond acceptors (Lipinski definition) is 7. The van der Waals surface area contributed by atoms with Crippen molar-refractivity contribution in [3.05, 3.63) is 140 Å². The third-order valence-corrected chi connectivity index (χ3v) is 6.30. The van der Waals surface area contributed by atoms with Gasteiger partial charge in [0.2, 0.25) is 0 Å². The molecule has 0 aromatic heterocycles. The number of aliphatic imine (C=N–C) groups is 1. The lowest BCUT2D eigenvalue weighted by molar-refractivity contribution is -0.135. The molecule has 220 valence electrons. The second-order valence-corrected chi connectivity index (χ2v) is 10.3. The molecule has 7 nitrogen and oxygen atoms in total. The van der Waals surface area contributed by atoms with E-state index in [0.717, 1.165) is 37.6 Å². The van der Waals surface area contributed by atoms with Crippen molar-refractivity contribution in [1.82, 2.24) is 0 Å². The Morgan fingerprint density at radius 2 is 1.16 bits per heavy atom. The monoisotopic (exact) mass is 704 g/mol. The molecule has 0 spiro atoms. The zero-order valence-corrected chi connectivity index (χ0v) is 26.7. The Hall–Kier alpha value is -4.60. The third-order valence-electron chi connectivity index (χ3n) is 5.25. The lowest BCUT2D eigenvalue weighted by atomic mass is 10.2. The molecule has 0 unspecified atom stereocenters. The predicted octanol–water partition coefficient (Wildman–Crippen LogP) is 8.10. The average Bonchev–Trinajstić information content (AvgIpc) is 3.03. The first-order chi connectivity index (χ1) is 20.7. The van der Waals surface area contributed by atoms with Crippen LogP contribution in [0.3, 0.4) is 0 Å². The van der Waals surface area contributed by atoms with Crippen molar-refractivity contribution < 1.29 is 23.9 Å². The summed E-state index contributed by atoms with van der Waals surface area (Å²) in [5.41, 5.74) is 10.5. The quantitative estimate of drug-likeness (QED) is 0.0685.